The molecule has 1 aliphatic heterocycles. The lowest BCUT2D eigenvalue weighted by Gasteiger charge is -2.35. The molecule has 0 aliphatic carbocycles. The van der Waals surface area contributed by atoms with Crippen molar-refractivity contribution >= 4 is 5.97 Å². The number of piperazine rings is 1. The molecule has 2 heterocycles. The maximum absolute atomic E-state index is 11.2. The van der Waals surface area contributed by atoms with Gasteiger partial charge in [-0.3, -0.25) is 14.5 Å². The first kappa shape index (κ1) is 15.9. The van der Waals surface area contributed by atoms with Gasteiger partial charge in [0.15, 0.2) is 0 Å². The van der Waals surface area contributed by atoms with Crippen LogP contribution in [0.15, 0.2) is 6.20 Å². The highest BCUT2D eigenvalue weighted by Crippen LogP contribution is 2.12. The summed E-state index contributed by atoms with van der Waals surface area (Å²) in [4.78, 5) is 18.1. The Morgan fingerprint density at radius 1 is 1.29 bits per heavy atom. The van der Waals surface area contributed by atoms with E-state index in [4.69, 9.17) is 0 Å². The second-order valence-electron chi connectivity index (χ2n) is 5.85. The van der Waals surface area contributed by atoms with Crippen molar-refractivity contribution in [3.05, 3.63) is 17.5 Å². The summed E-state index contributed by atoms with van der Waals surface area (Å²) in [5.74, 6) is -0.900. The lowest BCUT2D eigenvalue weighted by Crippen LogP contribution is -2.47. The lowest BCUT2D eigenvalue weighted by molar-refractivity contribution is 0.0692. The van der Waals surface area contributed by atoms with Gasteiger partial charge in [0.05, 0.1) is 11.9 Å². The molecule has 1 saturated heterocycles. The smallest absolute Gasteiger partial charge is 0.339 e. The van der Waals surface area contributed by atoms with Crippen LogP contribution in [0.3, 0.4) is 0 Å². The molecule has 0 saturated carbocycles. The van der Waals surface area contributed by atoms with E-state index in [1.165, 1.54) is 6.20 Å². The van der Waals surface area contributed by atoms with E-state index in [0.717, 1.165) is 45.0 Å². The zero-order valence-corrected chi connectivity index (χ0v) is 13.1. The molecule has 0 atom stereocenters. The van der Waals surface area contributed by atoms with Crippen LogP contribution in [-0.4, -0.2) is 88.9 Å². The summed E-state index contributed by atoms with van der Waals surface area (Å²) in [6.07, 6.45) is 1.44. The predicted molar refractivity (Wildman–Crippen MR) is 80.4 cm³/mol. The van der Waals surface area contributed by atoms with Crippen LogP contribution >= 0.6 is 0 Å². The molecule has 0 spiro atoms. The fraction of sp³-hybridized carbons (Fsp3) is 0.714. The predicted octanol–water partition coefficient (Wildman–Crippen LogP) is -0.202. The highest BCUT2D eigenvalue weighted by Gasteiger charge is 2.21. The van der Waals surface area contributed by atoms with Crippen LogP contribution in [0.25, 0.3) is 0 Å². The van der Waals surface area contributed by atoms with E-state index < -0.39 is 5.97 Å². The van der Waals surface area contributed by atoms with Gasteiger partial charge in [-0.1, -0.05) is 0 Å². The summed E-state index contributed by atoms with van der Waals surface area (Å²) < 4.78 is 1.67. The Morgan fingerprint density at radius 2 is 1.90 bits per heavy atom. The van der Waals surface area contributed by atoms with Gasteiger partial charge in [0.2, 0.25) is 0 Å². The second-order valence-corrected chi connectivity index (χ2v) is 5.85. The number of rotatable bonds is 6. The van der Waals surface area contributed by atoms with Crippen molar-refractivity contribution in [2.45, 2.75) is 6.54 Å². The monoisotopic (exact) mass is 295 g/mol. The Bertz CT molecular complexity index is 478. The number of aromatic nitrogens is 2. The van der Waals surface area contributed by atoms with Crippen molar-refractivity contribution < 1.29 is 9.90 Å². The van der Waals surface area contributed by atoms with Crippen molar-refractivity contribution in [3.8, 4) is 0 Å². The van der Waals surface area contributed by atoms with Crippen molar-refractivity contribution in [2.75, 3.05) is 53.4 Å². The molecule has 1 N–H and O–H groups in total. The third-order valence-corrected chi connectivity index (χ3v) is 3.99. The van der Waals surface area contributed by atoms with Gasteiger partial charge in [-0.25, -0.2) is 4.79 Å². The van der Waals surface area contributed by atoms with Crippen LogP contribution in [0.5, 0.6) is 0 Å². The molecule has 7 heteroatoms. The summed E-state index contributed by atoms with van der Waals surface area (Å²) in [7, 11) is 5.98. The average molecular weight is 295 g/mol. The van der Waals surface area contributed by atoms with Gasteiger partial charge in [-0.15, -0.1) is 0 Å². The number of carboxylic acid groups (broad SMARTS) is 1. The van der Waals surface area contributed by atoms with Crippen molar-refractivity contribution in [1.82, 2.24) is 24.5 Å². The Morgan fingerprint density at radius 3 is 2.48 bits per heavy atom. The van der Waals surface area contributed by atoms with E-state index >= 15 is 0 Å². The van der Waals surface area contributed by atoms with Crippen LogP contribution in [0, 0.1) is 0 Å². The topological polar surface area (TPSA) is 64.8 Å². The Kier molecular flexibility index (Phi) is 5.33. The van der Waals surface area contributed by atoms with Gasteiger partial charge in [0.25, 0.3) is 0 Å². The quantitative estimate of drug-likeness (QED) is 0.784. The van der Waals surface area contributed by atoms with Crippen LogP contribution < -0.4 is 0 Å². The third kappa shape index (κ3) is 4.26. The molecule has 0 aromatic carbocycles. The number of aryl methyl sites for hydroxylation is 1. The summed E-state index contributed by atoms with van der Waals surface area (Å²) in [5, 5.41) is 13.2. The maximum atomic E-state index is 11.2. The number of nitrogens with zero attached hydrogens (tertiary/aromatic N) is 5. The lowest BCUT2D eigenvalue weighted by atomic mass is 10.2. The number of carboxylic acids is 1. The molecular formula is C14H25N5O2. The summed E-state index contributed by atoms with van der Waals surface area (Å²) >= 11 is 0. The number of likely N-dealkylation sites (N-methyl/N-ethyl adjacent to an activating group) is 1. The first-order valence-corrected chi connectivity index (χ1v) is 7.31. The first-order chi connectivity index (χ1) is 9.97. The van der Waals surface area contributed by atoms with Crippen LogP contribution in [0.2, 0.25) is 0 Å². The van der Waals surface area contributed by atoms with Crippen molar-refractivity contribution in [1.29, 1.82) is 0 Å². The Balaban J connectivity index is 1.86. The fourth-order valence-corrected chi connectivity index (χ4v) is 2.55. The summed E-state index contributed by atoms with van der Waals surface area (Å²) in [5.41, 5.74) is 1.09. The molecule has 1 aromatic rings. The largest absolute Gasteiger partial charge is 0.478 e. The molecule has 2 rings (SSSR count). The molecule has 0 bridgehead atoms. The van der Waals surface area contributed by atoms with Gasteiger partial charge in [0.1, 0.15) is 5.56 Å². The minimum absolute atomic E-state index is 0.313. The number of aromatic carboxylic acids is 1. The van der Waals surface area contributed by atoms with Crippen LogP contribution in [0.1, 0.15) is 16.1 Å². The third-order valence-electron chi connectivity index (χ3n) is 3.99. The second kappa shape index (κ2) is 7.02. The molecule has 21 heavy (non-hydrogen) atoms. The molecule has 7 nitrogen and oxygen atoms in total. The zero-order valence-electron chi connectivity index (χ0n) is 13.1. The maximum Gasteiger partial charge on any atom is 0.339 e. The first-order valence-electron chi connectivity index (χ1n) is 7.31. The van der Waals surface area contributed by atoms with Gasteiger partial charge in [0, 0.05) is 52.9 Å². The van der Waals surface area contributed by atoms with Gasteiger partial charge in [-0.2, -0.15) is 5.10 Å². The van der Waals surface area contributed by atoms with E-state index in [2.05, 4.69) is 33.9 Å². The molecule has 0 unspecified atom stereocenters. The average Bonchev–Trinajstić information content (AvgIpc) is 2.79. The fourth-order valence-electron chi connectivity index (χ4n) is 2.55. The number of carbonyl (C=O) groups is 1. The van der Waals surface area contributed by atoms with Crippen LogP contribution in [0.4, 0.5) is 0 Å². The van der Waals surface area contributed by atoms with E-state index in [1.54, 1.807) is 11.7 Å². The Hall–Kier alpha value is -1.44. The SMILES string of the molecule is CN(C)CCN1CCN(Cc2c(C(=O)O)cnn2C)CC1. The normalized spacial score (nSPS) is 17.5. The molecular weight excluding hydrogens is 270 g/mol. The highest BCUT2D eigenvalue weighted by molar-refractivity contribution is 5.88. The molecule has 1 aromatic heterocycles. The van der Waals surface area contributed by atoms with Gasteiger partial charge >= 0.3 is 5.97 Å². The Labute approximate surface area is 125 Å². The van der Waals surface area contributed by atoms with E-state index in [0.29, 0.717) is 12.1 Å². The number of hydrogen-bond acceptors (Lipinski definition) is 5. The summed E-state index contributed by atoms with van der Waals surface area (Å²) in [6.45, 7) is 6.83. The van der Waals surface area contributed by atoms with Crippen LogP contribution in [-0.2, 0) is 13.6 Å². The number of hydrogen-bond donors (Lipinski definition) is 1. The van der Waals surface area contributed by atoms with Gasteiger partial charge in [-0.05, 0) is 14.1 Å². The van der Waals surface area contributed by atoms with Crippen molar-refractivity contribution in [2.24, 2.45) is 7.05 Å². The van der Waals surface area contributed by atoms with E-state index in [9.17, 15) is 9.90 Å². The summed E-state index contributed by atoms with van der Waals surface area (Å²) in [6, 6.07) is 0. The van der Waals surface area contributed by atoms with Crippen molar-refractivity contribution in [3.63, 3.8) is 0 Å². The van der Waals surface area contributed by atoms with E-state index in [1.807, 2.05) is 0 Å². The zero-order chi connectivity index (χ0) is 15.4. The standard InChI is InChI=1S/C14H25N5O2/c1-16(2)4-5-18-6-8-19(9-7-18)11-13-12(14(20)21)10-15-17(13)3/h10H,4-9,11H2,1-3H3,(H,20,21). The van der Waals surface area contributed by atoms with Gasteiger partial charge < -0.3 is 10.0 Å². The molecule has 1 aliphatic rings. The minimum atomic E-state index is -0.900. The highest BCUT2D eigenvalue weighted by atomic mass is 16.4. The molecule has 118 valence electrons. The van der Waals surface area contributed by atoms with E-state index in [-0.39, 0.29) is 0 Å². The molecule has 0 amide bonds. The molecule has 1 fully saturated rings. The molecule has 0 radical (unpaired) electrons. The minimum Gasteiger partial charge on any atom is -0.478 e.